The van der Waals surface area contributed by atoms with Gasteiger partial charge in [0.1, 0.15) is 0 Å². The third kappa shape index (κ3) is 3.49. The van der Waals surface area contributed by atoms with Crippen molar-refractivity contribution in [1.29, 1.82) is 0 Å². The Hall–Kier alpha value is -2.01. The molecule has 0 spiro atoms. The normalized spacial score (nSPS) is 13.9. The maximum atomic E-state index is 11.3. The minimum absolute atomic E-state index is 0. The van der Waals surface area contributed by atoms with E-state index in [4.69, 9.17) is 5.11 Å². The van der Waals surface area contributed by atoms with Crippen molar-refractivity contribution < 1.29 is 14.7 Å². The molecule has 1 heterocycles. The average molecular weight is 269 g/mol. The molecule has 1 aliphatic rings. The first-order chi connectivity index (χ1) is 8.15. The number of aliphatic carboxylic acids is 1. The number of hydrogen-bond donors (Lipinski definition) is 3. The Labute approximate surface area is 110 Å². The van der Waals surface area contributed by atoms with Crippen molar-refractivity contribution in [2.45, 2.75) is 6.42 Å². The lowest BCUT2D eigenvalue weighted by Gasteiger charge is -2.08. The van der Waals surface area contributed by atoms with Gasteiger partial charge in [-0.15, -0.1) is 12.4 Å². The van der Waals surface area contributed by atoms with Gasteiger partial charge < -0.3 is 15.7 Å². The van der Waals surface area contributed by atoms with Gasteiger partial charge in [0.05, 0.1) is 11.4 Å². The summed E-state index contributed by atoms with van der Waals surface area (Å²) in [5.74, 6) is -1.01. The molecule has 1 aromatic rings. The van der Waals surface area contributed by atoms with E-state index in [1.165, 1.54) is 6.08 Å². The summed E-state index contributed by atoms with van der Waals surface area (Å²) in [7, 11) is 0. The van der Waals surface area contributed by atoms with Crippen molar-refractivity contribution in [3.63, 3.8) is 0 Å². The van der Waals surface area contributed by atoms with Gasteiger partial charge in [-0.1, -0.05) is 6.07 Å². The van der Waals surface area contributed by atoms with Crippen LogP contribution in [0.4, 0.5) is 11.4 Å². The molecule has 0 saturated heterocycles. The highest BCUT2D eigenvalue weighted by Crippen LogP contribution is 2.25. The zero-order valence-corrected chi connectivity index (χ0v) is 10.3. The van der Waals surface area contributed by atoms with Crippen LogP contribution in [0.15, 0.2) is 24.3 Å². The fourth-order valence-electron chi connectivity index (χ4n) is 1.61. The largest absolute Gasteiger partial charge is 0.478 e. The molecular weight excluding hydrogens is 256 g/mol. The van der Waals surface area contributed by atoms with Crippen molar-refractivity contribution in [3.8, 4) is 0 Å². The fourth-order valence-corrected chi connectivity index (χ4v) is 1.61. The summed E-state index contributed by atoms with van der Waals surface area (Å²) in [5, 5.41) is 14.4. The number of carboxylic acids is 1. The molecule has 96 valence electrons. The zero-order chi connectivity index (χ0) is 12.3. The Morgan fingerprint density at radius 1 is 1.33 bits per heavy atom. The minimum Gasteiger partial charge on any atom is -0.478 e. The number of carbonyl (C=O) groups is 2. The molecule has 6 heteroatoms. The Bertz CT molecular complexity index is 500. The van der Waals surface area contributed by atoms with E-state index >= 15 is 0 Å². The Kier molecular flexibility index (Phi) is 4.74. The van der Waals surface area contributed by atoms with Crippen molar-refractivity contribution in [3.05, 3.63) is 29.8 Å². The van der Waals surface area contributed by atoms with Crippen LogP contribution in [-0.2, 0) is 9.59 Å². The quantitative estimate of drug-likeness (QED) is 0.717. The number of nitrogens with one attached hydrogen (secondary N) is 2. The van der Waals surface area contributed by atoms with E-state index < -0.39 is 5.97 Å². The molecule has 0 saturated carbocycles. The number of carbonyl (C=O) groups excluding carboxylic acids is 1. The van der Waals surface area contributed by atoms with Crippen LogP contribution in [0, 0.1) is 0 Å². The second-order valence-electron chi connectivity index (χ2n) is 3.70. The third-order valence-corrected chi connectivity index (χ3v) is 2.40. The monoisotopic (exact) mass is 268 g/mol. The topological polar surface area (TPSA) is 78.4 Å². The summed E-state index contributed by atoms with van der Waals surface area (Å²) >= 11 is 0. The summed E-state index contributed by atoms with van der Waals surface area (Å²) in [6, 6.07) is 5.32. The molecule has 2 rings (SSSR count). The van der Waals surface area contributed by atoms with E-state index in [-0.39, 0.29) is 18.3 Å². The van der Waals surface area contributed by atoms with E-state index in [2.05, 4.69) is 10.6 Å². The number of halogens is 1. The van der Waals surface area contributed by atoms with Crippen molar-refractivity contribution in [2.24, 2.45) is 0 Å². The molecule has 0 unspecified atom stereocenters. The number of anilines is 2. The Morgan fingerprint density at radius 3 is 2.83 bits per heavy atom. The molecule has 5 nitrogen and oxygen atoms in total. The van der Waals surface area contributed by atoms with E-state index in [9.17, 15) is 9.59 Å². The lowest BCUT2D eigenvalue weighted by molar-refractivity contribution is -0.131. The van der Waals surface area contributed by atoms with Gasteiger partial charge >= 0.3 is 5.97 Å². The third-order valence-electron chi connectivity index (χ3n) is 2.40. The lowest BCUT2D eigenvalue weighted by Crippen LogP contribution is -2.10. The van der Waals surface area contributed by atoms with Crippen LogP contribution in [0.2, 0.25) is 0 Å². The highest BCUT2D eigenvalue weighted by Gasteiger charge is 2.11. The Balaban J connectivity index is 0.00000162. The van der Waals surface area contributed by atoms with Gasteiger partial charge in [-0.05, 0) is 23.8 Å². The molecule has 0 aromatic heterocycles. The zero-order valence-electron chi connectivity index (χ0n) is 9.47. The second kappa shape index (κ2) is 6.07. The number of hydrogen-bond acceptors (Lipinski definition) is 3. The molecule has 1 aliphatic heterocycles. The van der Waals surface area contributed by atoms with Crippen LogP contribution in [-0.4, -0.2) is 23.5 Å². The van der Waals surface area contributed by atoms with Gasteiger partial charge in [-0.25, -0.2) is 4.79 Å². The molecule has 1 amide bonds. The fraction of sp³-hybridized carbons (Fsp3) is 0.167. The molecule has 0 aliphatic carbocycles. The molecule has 1 aromatic carbocycles. The van der Waals surface area contributed by atoms with Gasteiger partial charge in [-0.3, -0.25) is 4.79 Å². The van der Waals surface area contributed by atoms with Crippen LogP contribution in [0.5, 0.6) is 0 Å². The second-order valence-corrected chi connectivity index (χ2v) is 3.70. The molecule has 0 atom stereocenters. The maximum Gasteiger partial charge on any atom is 0.328 e. The highest BCUT2D eigenvalue weighted by molar-refractivity contribution is 5.96. The molecule has 0 radical (unpaired) electrons. The SMILES string of the molecule is Cl.O=C(O)/C=C/c1ccc2c(c1)NCCC(=O)N2. The summed E-state index contributed by atoms with van der Waals surface area (Å²) in [6.45, 7) is 0.574. The average Bonchev–Trinajstić information content (AvgIpc) is 2.46. The summed E-state index contributed by atoms with van der Waals surface area (Å²) in [5.41, 5.74) is 2.30. The lowest BCUT2D eigenvalue weighted by atomic mass is 10.1. The molecule has 18 heavy (non-hydrogen) atoms. The van der Waals surface area contributed by atoms with E-state index in [0.29, 0.717) is 13.0 Å². The van der Waals surface area contributed by atoms with E-state index in [1.54, 1.807) is 18.2 Å². The van der Waals surface area contributed by atoms with Gasteiger partial charge in [0.25, 0.3) is 0 Å². The predicted molar refractivity (Wildman–Crippen MR) is 72.1 cm³/mol. The van der Waals surface area contributed by atoms with Crippen LogP contribution in [0.25, 0.3) is 6.08 Å². The van der Waals surface area contributed by atoms with Crippen molar-refractivity contribution >= 4 is 41.7 Å². The van der Waals surface area contributed by atoms with Crippen molar-refractivity contribution in [2.75, 3.05) is 17.2 Å². The number of benzene rings is 1. The van der Waals surface area contributed by atoms with Crippen LogP contribution < -0.4 is 10.6 Å². The van der Waals surface area contributed by atoms with Crippen LogP contribution in [0.3, 0.4) is 0 Å². The summed E-state index contributed by atoms with van der Waals surface area (Å²) < 4.78 is 0. The van der Waals surface area contributed by atoms with Gasteiger partial charge in [0.15, 0.2) is 0 Å². The molecule has 3 N–H and O–H groups in total. The summed E-state index contributed by atoms with van der Waals surface area (Å²) in [6.07, 6.45) is 3.02. The number of carboxylic acid groups (broad SMARTS) is 1. The van der Waals surface area contributed by atoms with Crippen LogP contribution in [0.1, 0.15) is 12.0 Å². The number of fused-ring (bicyclic) bond motifs is 1. The number of rotatable bonds is 2. The highest BCUT2D eigenvalue weighted by atomic mass is 35.5. The maximum absolute atomic E-state index is 11.3. The van der Waals surface area contributed by atoms with Crippen molar-refractivity contribution in [1.82, 2.24) is 0 Å². The minimum atomic E-state index is -0.985. The van der Waals surface area contributed by atoms with Gasteiger partial charge in [0, 0.05) is 19.0 Å². The van der Waals surface area contributed by atoms with Crippen LogP contribution >= 0.6 is 12.4 Å². The van der Waals surface area contributed by atoms with E-state index in [0.717, 1.165) is 23.0 Å². The predicted octanol–water partition coefficient (Wildman–Crippen LogP) is 1.96. The van der Waals surface area contributed by atoms with Gasteiger partial charge in [-0.2, -0.15) is 0 Å². The summed E-state index contributed by atoms with van der Waals surface area (Å²) in [4.78, 5) is 21.7. The number of amides is 1. The molecule has 0 fully saturated rings. The first-order valence-corrected chi connectivity index (χ1v) is 5.24. The molecular formula is C12H13ClN2O3. The first-order valence-electron chi connectivity index (χ1n) is 5.24. The standard InChI is InChI=1S/C12H12N2O3.ClH/c15-11-5-6-13-10-7-8(2-4-12(16)17)1-3-9(10)14-11;/h1-4,7,13H,5-6H2,(H,14,15)(H,16,17);1H/b4-2+;. The van der Waals surface area contributed by atoms with Gasteiger partial charge in [0.2, 0.25) is 5.91 Å². The smallest absolute Gasteiger partial charge is 0.328 e. The molecule has 0 bridgehead atoms. The first kappa shape index (κ1) is 14.1. The Morgan fingerprint density at radius 2 is 2.11 bits per heavy atom. The van der Waals surface area contributed by atoms with E-state index in [1.807, 2.05) is 0 Å².